The van der Waals surface area contributed by atoms with Gasteiger partial charge in [0.2, 0.25) is 0 Å². The monoisotopic (exact) mass is 323 g/mol. The molecule has 0 fully saturated rings. The van der Waals surface area contributed by atoms with Crippen molar-refractivity contribution < 1.29 is 24.2 Å². The van der Waals surface area contributed by atoms with Crippen LogP contribution in [-0.2, 0) is 19.1 Å². The summed E-state index contributed by atoms with van der Waals surface area (Å²) < 4.78 is 9.92. The zero-order chi connectivity index (χ0) is 17.5. The lowest BCUT2D eigenvalue weighted by Gasteiger charge is -2.32. The van der Waals surface area contributed by atoms with Gasteiger partial charge in [-0.25, -0.2) is 4.79 Å². The van der Waals surface area contributed by atoms with Gasteiger partial charge in [-0.3, -0.25) is 10.1 Å². The van der Waals surface area contributed by atoms with Crippen LogP contribution in [0.25, 0.3) is 0 Å². The quantitative estimate of drug-likeness (QED) is 0.707. The number of carbonyl (C=O) groups excluding carboxylic acids is 2. The Bertz CT molecular complexity index is 515. The van der Waals surface area contributed by atoms with E-state index in [1.807, 2.05) is 6.07 Å². The molecule has 0 spiro atoms. The van der Waals surface area contributed by atoms with Gasteiger partial charge in [-0.05, 0) is 33.3 Å². The smallest absolute Gasteiger partial charge is 0.336 e. The lowest BCUT2D eigenvalue weighted by Crippen LogP contribution is -2.53. The summed E-state index contributed by atoms with van der Waals surface area (Å²) in [7, 11) is 0. The highest BCUT2D eigenvalue weighted by Gasteiger charge is 2.37. The van der Waals surface area contributed by atoms with Gasteiger partial charge < -0.3 is 14.6 Å². The fourth-order valence-corrected chi connectivity index (χ4v) is 2.13. The molecule has 0 unspecified atom stereocenters. The first-order valence-electron chi connectivity index (χ1n) is 7.68. The Morgan fingerprint density at radius 1 is 1.13 bits per heavy atom. The van der Waals surface area contributed by atoms with Crippen molar-refractivity contribution in [3.63, 3.8) is 0 Å². The van der Waals surface area contributed by atoms with Gasteiger partial charge in [0.05, 0.1) is 19.3 Å². The molecule has 0 aliphatic carbocycles. The van der Waals surface area contributed by atoms with Crippen LogP contribution in [0.3, 0.4) is 0 Å². The average molecular weight is 323 g/mol. The topological polar surface area (TPSA) is 84.9 Å². The molecule has 0 saturated carbocycles. The molecule has 6 nitrogen and oxygen atoms in total. The third-order valence-electron chi connectivity index (χ3n) is 3.30. The van der Waals surface area contributed by atoms with Crippen molar-refractivity contribution in [1.29, 1.82) is 0 Å². The highest BCUT2D eigenvalue weighted by Crippen LogP contribution is 2.22. The summed E-state index contributed by atoms with van der Waals surface area (Å²) in [6.45, 7) is 7.07. The van der Waals surface area contributed by atoms with Crippen LogP contribution in [0.5, 0.6) is 0 Å². The SMILES string of the molecule is CCOC(=O)[C@H](O)[C@H](NC(C)(C)C(=O)OCC)c1ccccc1. The molecule has 2 atom stereocenters. The average Bonchev–Trinajstić information content (AvgIpc) is 2.53. The molecule has 0 aromatic heterocycles. The third kappa shape index (κ3) is 5.33. The van der Waals surface area contributed by atoms with Crippen LogP contribution in [0.1, 0.15) is 39.3 Å². The number of hydrogen-bond donors (Lipinski definition) is 2. The molecule has 0 saturated heterocycles. The fourth-order valence-electron chi connectivity index (χ4n) is 2.13. The first-order chi connectivity index (χ1) is 10.8. The fraction of sp³-hybridized carbons (Fsp3) is 0.529. The van der Waals surface area contributed by atoms with Crippen molar-refractivity contribution in [3.05, 3.63) is 35.9 Å². The van der Waals surface area contributed by atoms with Crippen LogP contribution in [-0.4, -0.2) is 41.9 Å². The second kappa shape index (κ2) is 8.64. The summed E-state index contributed by atoms with van der Waals surface area (Å²) in [4.78, 5) is 24.0. The standard InChI is InChI=1S/C17H25NO5/c1-5-22-15(20)14(19)13(12-10-8-7-9-11-12)18-17(3,4)16(21)23-6-2/h7-11,13-14,18-19H,5-6H2,1-4H3/t13-,14-/m1/s1. The third-order valence-corrected chi connectivity index (χ3v) is 3.30. The Morgan fingerprint density at radius 3 is 2.22 bits per heavy atom. The summed E-state index contributed by atoms with van der Waals surface area (Å²) in [5.74, 6) is -1.20. The molecular formula is C17H25NO5. The number of aliphatic hydroxyl groups excluding tert-OH is 1. The molecule has 1 rings (SSSR count). The van der Waals surface area contributed by atoms with Crippen molar-refractivity contribution in [2.75, 3.05) is 13.2 Å². The second-order valence-corrected chi connectivity index (χ2v) is 5.58. The normalized spacial score (nSPS) is 14.0. The van der Waals surface area contributed by atoms with Crippen molar-refractivity contribution in [2.24, 2.45) is 0 Å². The van der Waals surface area contributed by atoms with Gasteiger partial charge >= 0.3 is 11.9 Å². The van der Waals surface area contributed by atoms with Crippen molar-refractivity contribution in [1.82, 2.24) is 5.32 Å². The molecule has 0 heterocycles. The van der Waals surface area contributed by atoms with Gasteiger partial charge in [0.1, 0.15) is 5.54 Å². The van der Waals surface area contributed by atoms with Crippen LogP contribution < -0.4 is 5.32 Å². The molecule has 128 valence electrons. The highest BCUT2D eigenvalue weighted by atomic mass is 16.5. The van der Waals surface area contributed by atoms with E-state index in [-0.39, 0.29) is 13.2 Å². The summed E-state index contributed by atoms with van der Waals surface area (Å²) >= 11 is 0. The van der Waals surface area contributed by atoms with Crippen molar-refractivity contribution in [3.8, 4) is 0 Å². The Morgan fingerprint density at radius 2 is 1.70 bits per heavy atom. The molecule has 23 heavy (non-hydrogen) atoms. The lowest BCUT2D eigenvalue weighted by molar-refractivity contribution is -0.157. The lowest BCUT2D eigenvalue weighted by atomic mass is 9.96. The molecule has 0 aliphatic rings. The minimum absolute atomic E-state index is 0.165. The molecule has 0 amide bonds. The number of aliphatic hydroxyl groups is 1. The summed E-state index contributed by atoms with van der Waals surface area (Å²) in [5.41, 5.74) is -0.408. The van der Waals surface area contributed by atoms with Crippen molar-refractivity contribution >= 4 is 11.9 Å². The second-order valence-electron chi connectivity index (χ2n) is 5.58. The van der Waals surface area contributed by atoms with Gasteiger partial charge in [-0.15, -0.1) is 0 Å². The largest absolute Gasteiger partial charge is 0.465 e. The van der Waals surface area contributed by atoms with Crippen LogP contribution in [0, 0.1) is 0 Å². The Kier molecular flexibility index (Phi) is 7.19. The van der Waals surface area contributed by atoms with Gasteiger partial charge in [-0.1, -0.05) is 30.3 Å². The van der Waals surface area contributed by atoms with Gasteiger partial charge in [0, 0.05) is 0 Å². The first kappa shape index (κ1) is 19.1. The minimum Gasteiger partial charge on any atom is -0.465 e. The zero-order valence-corrected chi connectivity index (χ0v) is 14.0. The highest BCUT2D eigenvalue weighted by molar-refractivity contribution is 5.80. The molecule has 0 bridgehead atoms. The zero-order valence-electron chi connectivity index (χ0n) is 14.0. The summed E-state index contributed by atoms with van der Waals surface area (Å²) in [6.07, 6.45) is -1.44. The van der Waals surface area contributed by atoms with Crippen LogP contribution >= 0.6 is 0 Å². The predicted molar refractivity (Wildman–Crippen MR) is 85.7 cm³/mol. The molecular weight excluding hydrogens is 298 g/mol. The number of benzene rings is 1. The Hall–Kier alpha value is -1.92. The molecule has 1 aromatic rings. The van der Waals surface area contributed by atoms with E-state index in [4.69, 9.17) is 9.47 Å². The van der Waals surface area contributed by atoms with Crippen LogP contribution in [0.4, 0.5) is 0 Å². The van der Waals surface area contributed by atoms with Gasteiger partial charge in [-0.2, -0.15) is 0 Å². The number of ether oxygens (including phenoxy) is 2. The molecule has 6 heteroatoms. The number of rotatable bonds is 8. The van der Waals surface area contributed by atoms with E-state index in [2.05, 4.69) is 5.32 Å². The van der Waals surface area contributed by atoms with Crippen molar-refractivity contribution in [2.45, 2.75) is 45.4 Å². The van der Waals surface area contributed by atoms with E-state index >= 15 is 0 Å². The predicted octanol–water partition coefficient (Wildman–Crippen LogP) is 1.58. The Balaban J connectivity index is 3.05. The van der Waals surface area contributed by atoms with E-state index < -0.39 is 29.6 Å². The van der Waals surface area contributed by atoms with E-state index in [0.29, 0.717) is 5.56 Å². The van der Waals surface area contributed by atoms with Crippen LogP contribution in [0.15, 0.2) is 30.3 Å². The number of esters is 2. The van der Waals surface area contributed by atoms with E-state index in [1.54, 1.807) is 52.0 Å². The minimum atomic E-state index is -1.44. The first-order valence-corrected chi connectivity index (χ1v) is 7.68. The molecule has 1 aromatic carbocycles. The maximum absolute atomic E-state index is 12.1. The summed E-state index contributed by atoms with van der Waals surface area (Å²) in [5, 5.41) is 13.4. The Labute approximate surface area is 136 Å². The number of carbonyl (C=O) groups is 2. The van der Waals surface area contributed by atoms with Gasteiger partial charge in [0.15, 0.2) is 6.10 Å². The van der Waals surface area contributed by atoms with E-state index in [1.165, 1.54) is 0 Å². The maximum Gasteiger partial charge on any atom is 0.336 e. The van der Waals surface area contributed by atoms with E-state index in [0.717, 1.165) is 0 Å². The molecule has 0 radical (unpaired) electrons. The number of hydrogen-bond acceptors (Lipinski definition) is 6. The number of nitrogens with one attached hydrogen (secondary N) is 1. The summed E-state index contributed by atoms with van der Waals surface area (Å²) in [6, 6.07) is 8.14. The molecule has 0 aliphatic heterocycles. The molecule has 2 N–H and O–H groups in total. The van der Waals surface area contributed by atoms with E-state index in [9.17, 15) is 14.7 Å². The maximum atomic E-state index is 12.1. The van der Waals surface area contributed by atoms with Gasteiger partial charge in [0.25, 0.3) is 0 Å². The van der Waals surface area contributed by atoms with Crippen LogP contribution in [0.2, 0.25) is 0 Å².